The fraction of sp³-hybridized carbons (Fsp3) is 0.321. The van der Waals surface area contributed by atoms with E-state index in [0.717, 1.165) is 25.6 Å². The molecule has 4 rings (SSSR count). The number of alkyl halides is 3. The Morgan fingerprint density at radius 3 is 2.42 bits per heavy atom. The normalized spacial score (nSPS) is 11.8. The predicted octanol–water partition coefficient (Wildman–Crippen LogP) is 5.96. The quantitative estimate of drug-likeness (QED) is 0.143. The van der Waals surface area contributed by atoms with Crippen LogP contribution in [0.25, 0.3) is 16.6 Å². The molecule has 0 saturated heterocycles. The Labute approximate surface area is 242 Å². The van der Waals surface area contributed by atoms with Crippen LogP contribution in [0, 0.1) is 17.5 Å². The lowest BCUT2D eigenvalue weighted by Crippen LogP contribution is -2.24. The number of amides is 2. The molecule has 15 heteroatoms. The van der Waals surface area contributed by atoms with Gasteiger partial charge in [0.05, 0.1) is 23.5 Å². The summed E-state index contributed by atoms with van der Waals surface area (Å²) in [5.74, 6) is -3.13. The molecule has 0 radical (unpaired) electrons. The van der Waals surface area contributed by atoms with Crippen LogP contribution in [0.2, 0.25) is 0 Å². The van der Waals surface area contributed by atoms with Crippen molar-refractivity contribution in [1.82, 2.24) is 19.5 Å². The predicted molar refractivity (Wildman–Crippen MR) is 149 cm³/mol. The molecule has 230 valence electrons. The summed E-state index contributed by atoms with van der Waals surface area (Å²) in [6, 6.07) is 3.30. The van der Waals surface area contributed by atoms with Crippen LogP contribution in [-0.4, -0.2) is 58.9 Å². The molecular weight excluding hydrogens is 580 g/mol. The summed E-state index contributed by atoms with van der Waals surface area (Å²) < 4.78 is 90.3. The Balaban J connectivity index is 1.55. The van der Waals surface area contributed by atoms with Gasteiger partial charge in [-0.05, 0) is 63.7 Å². The van der Waals surface area contributed by atoms with E-state index < -0.39 is 46.6 Å². The number of benzene rings is 2. The standard InChI is InChI=1S/C28H29F6N7O2/c1-3-43-10-9-40(2)8-4-5-17-12-19(25-26(35)36-15-37-41(17)25)18-13-22(31)24(14-21(18)30)39-27(42)38-23-11-16(28(32,33)34)6-7-20(23)29/h6-7,11-15H,3-5,8-10H2,1-2H3,(H2,35,36,37)(H2,38,39,42). The molecule has 2 aromatic carbocycles. The van der Waals surface area contributed by atoms with Crippen LogP contribution in [-0.2, 0) is 17.3 Å². The second-order valence-electron chi connectivity index (χ2n) is 9.64. The number of urea groups is 1. The number of fused-ring (bicyclic) bond motifs is 1. The largest absolute Gasteiger partial charge is 0.416 e. The number of carbonyl (C=O) groups excluding carboxylic acids is 1. The second kappa shape index (κ2) is 13.3. The maximum Gasteiger partial charge on any atom is 0.416 e. The molecule has 2 aromatic heterocycles. The molecule has 2 amide bonds. The molecule has 0 fully saturated rings. The minimum absolute atomic E-state index is 0.0367. The minimum atomic E-state index is -4.79. The van der Waals surface area contributed by atoms with Crippen LogP contribution >= 0.6 is 0 Å². The number of likely N-dealkylation sites (N-methyl/N-ethyl adjacent to an activating group) is 1. The lowest BCUT2D eigenvalue weighted by Gasteiger charge is -2.16. The second-order valence-corrected chi connectivity index (χ2v) is 9.64. The molecule has 9 nitrogen and oxygen atoms in total. The van der Waals surface area contributed by atoms with Gasteiger partial charge in [0.25, 0.3) is 0 Å². The first kappa shape index (κ1) is 31.6. The van der Waals surface area contributed by atoms with Crippen molar-refractivity contribution in [3.8, 4) is 11.1 Å². The smallest absolute Gasteiger partial charge is 0.382 e. The molecule has 0 aliphatic heterocycles. The Kier molecular flexibility index (Phi) is 9.76. The van der Waals surface area contributed by atoms with E-state index >= 15 is 8.78 Å². The molecule has 0 unspecified atom stereocenters. The third-order valence-electron chi connectivity index (χ3n) is 6.59. The van der Waals surface area contributed by atoms with Crippen molar-refractivity contribution in [2.75, 3.05) is 49.7 Å². The molecule has 4 aromatic rings. The number of aromatic nitrogens is 3. The highest BCUT2D eigenvalue weighted by molar-refractivity contribution is 6.00. The highest BCUT2D eigenvalue weighted by Gasteiger charge is 2.31. The zero-order chi connectivity index (χ0) is 31.3. The summed E-state index contributed by atoms with van der Waals surface area (Å²) in [4.78, 5) is 18.4. The van der Waals surface area contributed by atoms with Gasteiger partial charge in [0.1, 0.15) is 29.3 Å². The number of nitrogen functional groups attached to an aromatic ring is 1. The lowest BCUT2D eigenvalue weighted by atomic mass is 10.0. The summed E-state index contributed by atoms with van der Waals surface area (Å²) in [5.41, 5.74) is 4.42. The van der Waals surface area contributed by atoms with E-state index in [9.17, 15) is 22.4 Å². The average molecular weight is 610 g/mol. The van der Waals surface area contributed by atoms with Gasteiger partial charge >= 0.3 is 12.2 Å². The number of carbonyl (C=O) groups is 1. The number of halogens is 6. The van der Waals surface area contributed by atoms with E-state index in [0.29, 0.717) is 49.6 Å². The van der Waals surface area contributed by atoms with Gasteiger partial charge in [-0.15, -0.1) is 0 Å². The molecule has 0 aliphatic carbocycles. The topological polar surface area (TPSA) is 110 Å². The maximum absolute atomic E-state index is 15.4. The highest BCUT2D eigenvalue weighted by atomic mass is 19.4. The molecule has 43 heavy (non-hydrogen) atoms. The number of hydrogen-bond donors (Lipinski definition) is 3. The number of anilines is 3. The van der Waals surface area contributed by atoms with Gasteiger partial charge < -0.3 is 26.0 Å². The zero-order valence-corrected chi connectivity index (χ0v) is 23.2. The van der Waals surface area contributed by atoms with Crippen LogP contribution in [0.15, 0.2) is 42.7 Å². The summed E-state index contributed by atoms with van der Waals surface area (Å²) >= 11 is 0. The van der Waals surface area contributed by atoms with Crippen molar-refractivity contribution in [1.29, 1.82) is 0 Å². The Hall–Kier alpha value is -4.37. The van der Waals surface area contributed by atoms with Crippen LogP contribution in [0.3, 0.4) is 0 Å². The van der Waals surface area contributed by atoms with Crippen LogP contribution < -0.4 is 16.4 Å². The summed E-state index contributed by atoms with van der Waals surface area (Å²) in [6.07, 6.45) is -2.28. The fourth-order valence-corrected chi connectivity index (χ4v) is 4.45. The monoisotopic (exact) mass is 609 g/mol. The number of nitrogens with one attached hydrogen (secondary N) is 2. The number of nitrogens with zero attached hydrogens (tertiary/aromatic N) is 4. The van der Waals surface area contributed by atoms with E-state index in [-0.39, 0.29) is 22.5 Å². The van der Waals surface area contributed by atoms with Crippen molar-refractivity contribution < 1.29 is 35.9 Å². The SMILES string of the molecule is CCOCCN(C)CCCc1cc(-c2cc(F)c(NC(=O)Nc3cc(C(F)(F)F)ccc3F)cc2F)c2c(N)ncnn12. The van der Waals surface area contributed by atoms with Crippen molar-refractivity contribution in [2.45, 2.75) is 25.9 Å². The first-order valence-corrected chi connectivity index (χ1v) is 13.2. The summed E-state index contributed by atoms with van der Waals surface area (Å²) in [5, 5.41) is 8.11. The van der Waals surface area contributed by atoms with Gasteiger partial charge in [-0.1, -0.05) is 0 Å². The number of ether oxygens (including phenoxy) is 1. The van der Waals surface area contributed by atoms with Crippen LogP contribution in [0.5, 0.6) is 0 Å². The molecule has 0 spiro atoms. The summed E-state index contributed by atoms with van der Waals surface area (Å²) in [6.45, 7) is 4.65. The first-order chi connectivity index (χ1) is 20.4. The van der Waals surface area contributed by atoms with E-state index in [4.69, 9.17) is 10.5 Å². The Morgan fingerprint density at radius 2 is 1.72 bits per heavy atom. The van der Waals surface area contributed by atoms with Crippen molar-refractivity contribution in [3.05, 3.63) is 71.4 Å². The highest BCUT2D eigenvalue weighted by Crippen LogP contribution is 2.35. The maximum atomic E-state index is 15.4. The van der Waals surface area contributed by atoms with Gasteiger partial charge in [0.15, 0.2) is 5.82 Å². The molecule has 4 N–H and O–H groups in total. The van der Waals surface area contributed by atoms with Crippen molar-refractivity contribution in [3.63, 3.8) is 0 Å². The Bertz CT molecular complexity index is 1610. The lowest BCUT2D eigenvalue weighted by molar-refractivity contribution is -0.137. The average Bonchev–Trinajstić information content (AvgIpc) is 3.31. The molecular formula is C28H29F6N7O2. The van der Waals surface area contributed by atoms with Crippen molar-refractivity contribution in [2.24, 2.45) is 0 Å². The number of rotatable bonds is 11. The number of aryl methyl sites for hydroxylation is 1. The van der Waals surface area contributed by atoms with Gasteiger partial charge in [-0.25, -0.2) is 27.5 Å². The number of nitrogens with two attached hydrogens (primary N) is 1. The van der Waals surface area contributed by atoms with E-state index in [1.807, 2.05) is 24.6 Å². The first-order valence-electron chi connectivity index (χ1n) is 13.2. The van der Waals surface area contributed by atoms with E-state index in [2.05, 4.69) is 15.0 Å². The minimum Gasteiger partial charge on any atom is -0.382 e. The third kappa shape index (κ3) is 7.53. The Morgan fingerprint density at radius 1 is 1.00 bits per heavy atom. The van der Waals surface area contributed by atoms with Gasteiger partial charge in [0.2, 0.25) is 0 Å². The van der Waals surface area contributed by atoms with Gasteiger partial charge in [-0.2, -0.15) is 18.3 Å². The summed E-state index contributed by atoms with van der Waals surface area (Å²) in [7, 11) is 1.96. The molecule has 0 bridgehead atoms. The van der Waals surface area contributed by atoms with Crippen LogP contribution in [0.1, 0.15) is 24.6 Å². The molecule has 0 aliphatic rings. The molecule has 0 saturated carbocycles. The van der Waals surface area contributed by atoms with Gasteiger partial charge in [0, 0.05) is 36.0 Å². The molecule has 2 heterocycles. The fourth-order valence-electron chi connectivity index (χ4n) is 4.45. The van der Waals surface area contributed by atoms with E-state index in [1.165, 1.54) is 10.8 Å². The molecule has 0 atom stereocenters. The third-order valence-corrected chi connectivity index (χ3v) is 6.59. The van der Waals surface area contributed by atoms with E-state index in [1.54, 1.807) is 6.07 Å². The van der Waals surface area contributed by atoms with Gasteiger partial charge in [-0.3, -0.25) is 0 Å². The van der Waals surface area contributed by atoms with Crippen molar-refractivity contribution >= 4 is 28.7 Å². The van der Waals surface area contributed by atoms with Crippen LogP contribution in [0.4, 0.5) is 48.3 Å². The number of hydrogen-bond acceptors (Lipinski definition) is 6. The zero-order valence-electron chi connectivity index (χ0n) is 23.2.